The van der Waals surface area contributed by atoms with Gasteiger partial charge in [0.1, 0.15) is 28.0 Å². The Labute approximate surface area is 364 Å². The molecule has 1 unspecified atom stereocenters. The summed E-state index contributed by atoms with van der Waals surface area (Å²) < 4.78 is 77.8. The molecule has 0 aromatic heterocycles. The zero-order chi connectivity index (χ0) is 42.7. The Morgan fingerprint density at radius 2 is 1.47 bits per heavy atom. The van der Waals surface area contributed by atoms with Crippen LogP contribution in [0.1, 0.15) is 53.4 Å². The molecule has 0 spiro atoms. The number of thioether (sulfide) groups is 2. The Hall–Kier alpha value is -4.11. The molecule has 2 aliphatic rings. The lowest BCUT2D eigenvalue weighted by atomic mass is 9.93. The Morgan fingerprint density at radius 1 is 0.783 bits per heavy atom. The van der Waals surface area contributed by atoms with Crippen LogP contribution in [0.25, 0.3) is 33.4 Å². The summed E-state index contributed by atoms with van der Waals surface area (Å²) in [6, 6.07) is 36.2. The number of sulfonamides is 1. The van der Waals surface area contributed by atoms with E-state index in [4.69, 9.17) is 4.42 Å². The van der Waals surface area contributed by atoms with E-state index in [-0.39, 0.29) is 22.9 Å². The summed E-state index contributed by atoms with van der Waals surface area (Å²) in [4.78, 5) is 3.81. The summed E-state index contributed by atoms with van der Waals surface area (Å²) in [5, 5.41) is 1.61. The third-order valence-electron chi connectivity index (χ3n) is 10.8. The average molecular weight is 886 g/mol. The molecule has 0 fully saturated rings. The highest BCUT2D eigenvalue weighted by atomic mass is 32.2. The maximum atomic E-state index is 14.4. The van der Waals surface area contributed by atoms with Crippen LogP contribution < -0.4 is 19.6 Å². The van der Waals surface area contributed by atoms with Gasteiger partial charge in [-0.1, -0.05) is 75.6 Å². The van der Waals surface area contributed by atoms with Gasteiger partial charge in [-0.15, -0.1) is 23.5 Å². The van der Waals surface area contributed by atoms with Gasteiger partial charge in [0.05, 0.1) is 21.6 Å². The monoisotopic (exact) mass is 885 g/mol. The van der Waals surface area contributed by atoms with Crippen LogP contribution in [0, 0.1) is 5.92 Å². The third kappa shape index (κ3) is 11.4. The molecule has 9 nitrogen and oxygen atoms in total. The van der Waals surface area contributed by atoms with Crippen LogP contribution in [0.4, 0.5) is 5.69 Å². The SMILES string of the molecule is CCCCC(CC)CNS(=O)(=O)c1cc(S(=O)(=O)[O-])ccc1-c1c2ccc(=[N+](CC)CCSc3ccccc3)cc-2oc2cc(N(CC)CCSc3ccccc3)ccc12. The maximum absolute atomic E-state index is 14.4. The number of hydrogen-bond donors (Lipinski definition) is 1. The molecule has 0 saturated carbocycles. The second kappa shape index (κ2) is 21.1. The molecule has 318 valence electrons. The van der Waals surface area contributed by atoms with Crippen molar-refractivity contribution in [1.82, 2.24) is 9.30 Å². The van der Waals surface area contributed by atoms with Gasteiger partial charge in [-0.2, -0.15) is 0 Å². The summed E-state index contributed by atoms with van der Waals surface area (Å²) in [5.74, 6) is 2.39. The van der Waals surface area contributed by atoms with Crippen molar-refractivity contribution >= 4 is 60.3 Å². The molecule has 60 heavy (non-hydrogen) atoms. The van der Waals surface area contributed by atoms with E-state index in [0.717, 1.165) is 80.5 Å². The first-order valence-corrected chi connectivity index (χ1v) is 25.6. The van der Waals surface area contributed by atoms with Crippen LogP contribution in [0.5, 0.6) is 0 Å². The molecule has 0 radical (unpaired) electrons. The summed E-state index contributed by atoms with van der Waals surface area (Å²) in [6.07, 6.45) is 3.60. The zero-order valence-electron chi connectivity index (χ0n) is 34.8. The second-order valence-corrected chi connectivity index (χ2v) is 20.2. The molecular formula is C47H55N3O6S4. The van der Waals surface area contributed by atoms with E-state index in [0.29, 0.717) is 27.9 Å². The molecule has 1 atom stereocenters. The summed E-state index contributed by atoms with van der Waals surface area (Å²) >= 11 is 3.59. The predicted molar refractivity (Wildman–Crippen MR) is 248 cm³/mol. The van der Waals surface area contributed by atoms with Crippen LogP contribution in [0.15, 0.2) is 139 Å². The highest BCUT2D eigenvalue weighted by molar-refractivity contribution is 7.99. The quantitative estimate of drug-likeness (QED) is 0.0326. The molecule has 6 rings (SSSR count). The lowest BCUT2D eigenvalue weighted by molar-refractivity contribution is 0.443. The first-order valence-electron chi connectivity index (χ1n) is 20.7. The van der Waals surface area contributed by atoms with Gasteiger partial charge in [0, 0.05) is 75.1 Å². The second-order valence-electron chi connectivity index (χ2n) is 14.7. The summed E-state index contributed by atoms with van der Waals surface area (Å²) in [6.45, 7) is 11.6. The highest BCUT2D eigenvalue weighted by Crippen LogP contribution is 2.43. The summed E-state index contributed by atoms with van der Waals surface area (Å²) in [7, 11) is -9.29. The fraction of sp³-hybridized carbons (Fsp3) is 0.340. The maximum Gasteiger partial charge on any atom is 0.241 e. The van der Waals surface area contributed by atoms with Gasteiger partial charge in [0.15, 0.2) is 6.54 Å². The number of hydrogen-bond acceptors (Lipinski definition) is 9. The molecular weight excluding hydrogens is 831 g/mol. The fourth-order valence-electron chi connectivity index (χ4n) is 7.41. The van der Waals surface area contributed by atoms with Crippen LogP contribution in [-0.4, -0.2) is 65.6 Å². The first-order chi connectivity index (χ1) is 28.9. The van der Waals surface area contributed by atoms with Gasteiger partial charge in [0.25, 0.3) is 0 Å². The Balaban J connectivity index is 1.50. The molecule has 0 saturated heterocycles. The minimum absolute atomic E-state index is 0.101. The fourth-order valence-corrected chi connectivity index (χ4v) is 11.1. The van der Waals surface area contributed by atoms with Crippen molar-refractivity contribution in [1.29, 1.82) is 0 Å². The number of unbranched alkanes of at least 4 members (excludes halogenated alkanes) is 1. The minimum Gasteiger partial charge on any atom is -0.744 e. The van der Waals surface area contributed by atoms with Crippen molar-refractivity contribution in [2.75, 3.05) is 49.1 Å². The first kappa shape index (κ1) is 45.4. The van der Waals surface area contributed by atoms with Gasteiger partial charge in [-0.25, -0.2) is 26.1 Å². The van der Waals surface area contributed by atoms with Gasteiger partial charge in [-0.05, 0) is 80.8 Å². The van der Waals surface area contributed by atoms with Gasteiger partial charge in [-0.3, -0.25) is 0 Å². The topological polar surface area (TPSA) is 123 Å². The van der Waals surface area contributed by atoms with E-state index in [1.54, 1.807) is 23.5 Å². The lowest BCUT2D eigenvalue weighted by Crippen LogP contribution is -2.31. The van der Waals surface area contributed by atoms with Crippen molar-refractivity contribution in [3.8, 4) is 22.5 Å². The standard InChI is InChI=1S/C47H55N3O6S4/c1-5-9-16-35(6-2)34-48-59(51,52)46-33-40(60(53,54)55)23-26-43(46)47-41-24-21-36(49(7-3)27-29-57-38-17-12-10-13-18-38)31-44(41)56-45-32-37(22-25-42(45)47)50(8-4)28-30-58-39-19-14-11-15-20-39/h10-15,17-26,31-33,35,48H,5-9,16,27-30,34H2,1-4H3. The van der Waals surface area contributed by atoms with E-state index in [1.807, 2.05) is 79.7 Å². The van der Waals surface area contributed by atoms with Gasteiger partial charge < -0.3 is 13.9 Å². The molecule has 1 heterocycles. The smallest absolute Gasteiger partial charge is 0.241 e. The van der Waals surface area contributed by atoms with E-state index in [1.165, 1.54) is 21.9 Å². The Morgan fingerprint density at radius 3 is 2.10 bits per heavy atom. The van der Waals surface area contributed by atoms with E-state index in [9.17, 15) is 21.4 Å². The number of anilines is 1. The van der Waals surface area contributed by atoms with E-state index >= 15 is 0 Å². The molecule has 1 N–H and O–H groups in total. The van der Waals surface area contributed by atoms with Crippen LogP contribution in [0.3, 0.4) is 0 Å². The van der Waals surface area contributed by atoms with Crippen molar-refractivity contribution < 1.29 is 25.8 Å². The number of nitrogens with one attached hydrogen (secondary N) is 1. The molecule has 0 amide bonds. The number of rotatable bonds is 21. The molecule has 13 heteroatoms. The normalized spacial score (nSPS) is 13.2. The zero-order valence-corrected chi connectivity index (χ0v) is 38.1. The molecule has 4 aromatic carbocycles. The van der Waals surface area contributed by atoms with E-state index < -0.39 is 25.0 Å². The Bertz CT molecular complexity index is 2620. The number of fused-ring (bicyclic) bond motifs is 2. The molecule has 1 aliphatic heterocycles. The van der Waals surface area contributed by atoms with Crippen molar-refractivity contribution in [2.24, 2.45) is 5.92 Å². The van der Waals surface area contributed by atoms with Gasteiger partial charge in [0.2, 0.25) is 15.4 Å². The summed E-state index contributed by atoms with van der Waals surface area (Å²) in [5.41, 5.74) is 3.01. The van der Waals surface area contributed by atoms with Crippen molar-refractivity contribution in [2.45, 2.75) is 73.0 Å². The lowest BCUT2D eigenvalue weighted by Gasteiger charge is -2.24. The van der Waals surface area contributed by atoms with E-state index in [2.05, 4.69) is 59.2 Å². The van der Waals surface area contributed by atoms with Crippen molar-refractivity contribution in [3.05, 3.63) is 121 Å². The molecule has 4 aromatic rings. The molecule has 0 bridgehead atoms. The average Bonchev–Trinajstić information content (AvgIpc) is 3.25. The number of nitrogens with zero attached hydrogens (tertiary/aromatic N) is 2. The van der Waals surface area contributed by atoms with Gasteiger partial charge >= 0.3 is 0 Å². The van der Waals surface area contributed by atoms with Crippen LogP contribution in [-0.2, 0) is 20.1 Å². The van der Waals surface area contributed by atoms with Crippen molar-refractivity contribution in [3.63, 3.8) is 0 Å². The number of benzene rings is 5. The third-order valence-corrected chi connectivity index (χ3v) is 15.1. The predicted octanol–water partition coefficient (Wildman–Crippen LogP) is 9.81. The molecule has 1 aliphatic carbocycles. The van der Waals surface area contributed by atoms with Crippen LogP contribution in [0.2, 0.25) is 0 Å². The Kier molecular flexibility index (Phi) is 16.0. The largest absolute Gasteiger partial charge is 0.744 e. The minimum atomic E-state index is -4.98. The van der Waals surface area contributed by atoms with Crippen LogP contribution >= 0.6 is 23.5 Å². The highest BCUT2D eigenvalue weighted by Gasteiger charge is 2.27.